The van der Waals surface area contributed by atoms with Gasteiger partial charge in [0.1, 0.15) is 0 Å². The fraction of sp³-hybridized carbons (Fsp3) is 0.294. The number of nitrogens with zero attached hydrogens (tertiary/aromatic N) is 4. The number of rotatable bonds is 6. The highest BCUT2D eigenvalue weighted by molar-refractivity contribution is 8.00. The topological polar surface area (TPSA) is 71.0 Å². The van der Waals surface area contributed by atoms with Crippen molar-refractivity contribution >= 4 is 56.3 Å². The minimum Gasteiger partial charge on any atom is -0.330 e. The molecule has 1 aromatic carbocycles. The van der Waals surface area contributed by atoms with E-state index in [9.17, 15) is 4.79 Å². The zero-order valence-electron chi connectivity index (χ0n) is 14.9. The van der Waals surface area contributed by atoms with Gasteiger partial charge in [0, 0.05) is 30.8 Å². The van der Waals surface area contributed by atoms with Gasteiger partial charge in [0.25, 0.3) is 0 Å². The van der Waals surface area contributed by atoms with Gasteiger partial charge in [-0.3, -0.25) is 9.69 Å². The quantitative estimate of drug-likeness (QED) is 0.603. The Morgan fingerprint density at radius 2 is 2.08 bits per heavy atom. The van der Waals surface area contributed by atoms with Crippen LogP contribution in [0.25, 0.3) is 0 Å². The molecule has 2 aromatic heterocycles. The number of aromatic nitrogens is 3. The van der Waals surface area contributed by atoms with Gasteiger partial charge in [-0.1, -0.05) is 29.2 Å². The van der Waals surface area contributed by atoms with E-state index in [1.54, 1.807) is 23.7 Å². The van der Waals surface area contributed by atoms with Crippen LogP contribution < -0.4 is 10.2 Å². The number of benzene rings is 1. The molecule has 0 saturated carbocycles. The van der Waals surface area contributed by atoms with Crippen LogP contribution >= 0.6 is 34.4 Å². The number of thiazole rings is 1. The average molecular weight is 406 g/mol. The second kappa shape index (κ2) is 8.15. The number of hydrogen-bond acceptors (Lipinski definition) is 8. The maximum atomic E-state index is 11.4. The van der Waals surface area contributed by atoms with E-state index < -0.39 is 0 Å². The number of aryl methyl sites for hydroxylation is 2. The van der Waals surface area contributed by atoms with Crippen LogP contribution in [0.4, 0.5) is 16.0 Å². The Balaban J connectivity index is 1.58. The van der Waals surface area contributed by atoms with Gasteiger partial charge in [-0.25, -0.2) is 4.98 Å². The lowest BCUT2D eigenvalue weighted by atomic mass is 10.1. The van der Waals surface area contributed by atoms with Gasteiger partial charge in [0.15, 0.2) is 9.47 Å². The van der Waals surface area contributed by atoms with Gasteiger partial charge in [0.05, 0.1) is 5.69 Å². The fourth-order valence-corrected chi connectivity index (χ4v) is 4.65. The smallest absolute Gasteiger partial charge is 0.225 e. The number of amides is 1. The highest BCUT2D eigenvalue weighted by atomic mass is 32.2. The summed E-state index contributed by atoms with van der Waals surface area (Å²) in [4.78, 5) is 17.4. The van der Waals surface area contributed by atoms with Crippen molar-refractivity contribution in [1.29, 1.82) is 0 Å². The lowest BCUT2D eigenvalue weighted by Crippen LogP contribution is -2.22. The maximum Gasteiger partial charge on any atom is 0.225 e. The van der Waals surface area contributed by atoms with E-state index in [0.717, 1.165) is 20.9 Å². The van der Waals surface area contributed by atoms with Crippen molar-refractivity contribution in [2.24, 2.45) is 0 Å². The van der Waals surface area contributed by atoms with E-state index >= 15 is 0 Å². The summed E-state index contributed by atoms with van der Waals surface area (Å²) in [5, 5.41) is 15.2. The van der Waals surface area contributed by atoms with E-state index in [1.165, 1.54) is 40.7 Å². The van der Waals surface area contributed by atoms with Crippen LogP contribution in [0.1, 0.15) is 23.7 Å². The number of thioether (sulfide) groups is 1. The van der Waals surface area contributed by atoms with Crippen molar-refractivity contribution in [3.63, 3.8) is 0 Å². The van der Waals surface area contributed by atoms with E-state index in [1.807, 2.05) is 11.4 Å². The summed E-state index contributed by atoms with van der Waals surface area (Å²) in [6.07, 6.45) is 0. The monoisotopic (exact) mass is 405 g/mol. The molecule has 0 unspecified atom stereocenters. The SMILES string of the molecule is CC(=O)N(C)c1nc(CSc2nnc(Nc3ccc(C)c(C)c3)s2)cs1. The van der Waals surface area contributed by atoms with E-state index in [2.05, 4.69) is 46.5 Å². The van der Waals surface area contributed by atoms with Crippen LogP contribution in [0.15, 0.2) is 27.9 Å². The molecule has 3 aromatic rings. The maximum absolute atomic E-state index is 11.4. The summed E-state index contributed by atoms with van der Waals surface area (Å²) in [6.45, 7) is 5.71. The summed E-state index contributed by atoms with van der Waals surface area (Å²) in [5.41, 5.74) is 4.45. The van der Waals surface area contributed by atoms with Gasteiger partial charge in [-0.2, -0.15) is 0 Å². The molecule has 26 heavy (non-hydrogen) atoms. The van der Waals surface area contributed by atoms with Gasteiger partial charge < -0.3 is 5.32 Å². The molecule has 0 atom stereocenters. The molecule has 0 aliphatic rings. The number of anilines is 3. The van der Waals surface area contributed by atoms with Crippen molar-refractivity contribution < 1.29 is 4.79 Å². The molecule has 0 saturated heterocycles. The summed E-state index contributed by atoms with van der Waals surface area (Å²) in [5.74, 6) is 0.672. The Kier molecular flexibility index (Phi) is 5.90. The number of carbonyl (C=O) groups is 1. The average Bonchev–Trinajstić information content (AvgIpc) is 3.25. The first-order valence-corrected chi connectivity index (χ1v) is 10.6. The third kappa shape index (κ3) is 4.60. The third-order valence-electron chi connectivity index (χ3n) is 3.81. The first-order valence-electron chi connectivity index (χ1n) is 7.91. The minimum absolute atomic E-state index is 0.0234. The standard InChI is InChI=1S/C17H19N5OS3/c1-10-5-6-13(7-11(10)2)18-15-20-21-17(26-15)25-9-14-8-24-16(19-14)22(4)12(3)23/h5-8H,9H2,1-4H3,(H,18,20). The predicted molar refractivity (Wildman–Crippen MR) is 110 cm³/mol. The van der Waals surface area contributed by atoms with Gasteiger partial charge in [0.2, 0.25) is 11.0 Å². The number of carbonyl (C=O) groups excluding carboxylic acids is 1. The molecule has 0 aliphatic carbocycles. The molecule has 1 N–H and O–H groups in total. The van der Waals surface area contributed by atoms with Gasteiger partial charge in [-0.15, -0.1) is 21.5 Å². The molecular weight excluding hydrogens is 386 g/mol. The summed E-state index contributed by atoms with van der Waals surface area (Å²) >= 11 is 4.57. The van der Waals surface area contributed by atoms with E-state index in [4.69, 9.17) is 0 Å². The van der Waals surface area contributed by atoms with Crippen molar-refractivity contribution in [3.8, 4) is 0 Å². The molecular formula is C17H19N5OS3. The van der Waals surface area contributed by atoms with Crippen molar-refractivity contribution in [2.75, 3.05) is 17.3 Å². The molecule has 2 heterocycles. The Morgan fingerprint density at radius 1 is 1.27 bits per heavy atom. The van der Waals surface area contributed by atoms with Crippen LogP contribution in [0, 0.1) is 13.8 Å². The summed E-state index contributed by atoms with van der Waals surface area (Å²) in [7, 11) is 1.73. The Labute approximate surface area is 164 Å². The lowest BCUT2D eigenvalue weighted by Gasteiger charge is -2.09. The van der Waals surface area contributed by atoms with Crippen molar-refractivity contribution in [2.45, 2.75) is 30.9 Å². The summed E-state index contributed by atoms with van der Waals surface area (Å²) < 4.78 is 0.880. The van der Waals surface area contributed by atoms with Crippen LogP contribution in [0.2, 0.25) is 0 Å². The Bertz CT molecular complexity index is 921. The molecule has 0 aliphatic heterocycles. The number of nitrogens with one attached hydrogen (secondary N) is 1. The highest BCUT2D eigenvalue weighted by Crippen LogP contribution is 2.31. The molecule has 3 rings (SSSR count). The Morgan fingerprint density at radius 3 is 2.81 bits per heavy atom. The molecule has 0 fully saturated rings. The molecule has 136 valence electrons. The molecule has 6 nitrogen and oxygen atoms in total. The second-order valence-electron chi connectivity index (χ2n) is 5.79. The zero-order valence-corrected chi connectivity index (χ0v) is 17.4. The second-order valence-corrected chi connectivity index (χ2v) is 8.82. The molecule has 0 spiro atoms. The first kappa shape index (κ1) is 18.8. The first-order chi connectivity index (χ1) is 12.4. The van der Waals surface area contributed by atoms with Gasteiger partial charge >= 0.3 is 0 Å². The summed E-state index contributed by atoms with van der Waals surface area (Å²) in [6, 6.07) is 6.23. The van der Waals surface area contributed by atoms with Crippen LogP contribution in [-0.2, 0) is 10.5 Å². The number of hydrogen-bond donors (Lipinski definition) is 1. The highest BCUT2D eigenvalue weighted by Gasteiger charge is 2.12. The largest absolute Gasteiger partial charge is 0.330 e. The van der Waals surface area contributed by atoms with Crippen LogP contribution in [-0.4, -0.2) is 28.1 Å². The molecule has 0 bridgehead atoms. The van der Waals surface area contributed by atoms with E-state index in [0.29, 0.717) is 10.9 Å². The molecule has 0 radical (unpaired) electrons. The minimum atomic E-state index is -0.0234. The van der Waals surface area contributed by atoms with Crippen LogP contribution in [0.3, 0.4) is 0 Å². The lowest BCUT2D eigenvalue weighted by molar-refractivity contribution is -0.116. The van der Waals surface area contributed by atoms with Crippen molar-refractivity contribution in [3.05, 3.63) is 40.4 Å². The molecule has 1 amide bonds. The van der Waals surface area contributed by atoms with Crippen molar-refractivity contribution in [1.82, 2.24) is 15.2 Å². The Hall–Kier alpha value is -1.97. The fourth-order valence-electron chi connectivity index (χ4n) is 2.05. The van der Waals surface area contributed by atoms with E-state index in [-0.39, 0.29) is 5.91 Å². The van der Waals surface area contributed by atoms with Crippen LogP contribution in [0.5, 0.6) is 0 Å². The predicted octanol–water partition coefficient (Wildman–Crippen LogP) is 4.63. The molecule has 9 heteroatoms. The zero-order chi connectivity index (χ0) is 18.7. The van der Waals surface area contributed by atoms with Gasteiger partial charge in [-0.05, 0) is 37.1 Å². The third-order valence-corrected chi connectivity index (χ3v) is 6.78. The normalized spacial score (nSPS) is 10.8.